The van der Waals surface area contributed by atoms with Crippen LogP contribution in [0.4, 0.5) is 0 Å². The third-order valence-corrected chi connectivity index (χ3v) is 6.02. The van der Waals surface area contributed by atoms with E-state index in [9.17, 15) is 60.7 Å². The van der Waals surface area contributed by atoms with Crippen LogP contribution in [0, 0.1) is 0 Å². The summed E-state index contributed by atoms with van der Waals surface area (Å²) >= 11 is 0. The zero-order chi connectivity index (χ0) is 28.2. The quantitative estimate of drug-likeness (QED) is 0.115. The number of rotatable bonds is 11. The molecule has 2 heterocycles. The highest BCUT2D eigenvalue weighted by atomic mass is 16.7. The van der Waals surface area contributed by atoms with Crippen molar-refractivity contribution in [3.8, 4) is 0 Å². The molecule has 37 heavy (non-hydrogen) atoms. The molecule has 0 aromatic rings. The number of aliphatic carboxylic acids is 1. The van der Waals surface area contributed by atoms with Gasteiger partial charge in [0.15, 0.2) is 18.7 Å². The number of carbonyl (C=O) groups is 2. The van der Waals surface area contributed by atoms with Gasteiger partial charge in [0.2, 0.25) is 5.91 Å². The molecule has 2 fully saturated rings. The number of ether oxygens (including phenoxy) is 4. The normalized spacial score (nSPS) is 39.9. The molecule has 17 heteroatoms. The van der Waals surface area contributed by atoms with Gasteiger partial charge < -0.3 is 75.3 Å². The van der Waals surface area contributed by atoms with Crippen LogP contribution in [0.25, 0.3) is 0 Å². The number of carboxylic acid groups (broad SMARTS) is 1. The minimum Gasteiger partial charge on any atom is -0.479 e. The fraction of sp³-hybridized carbons (Fsp3) is 0.900. The van der Waals surface area contributed by atoms with Crippen LogP contribution in [0.15, 0.2) is 0 Å². The molecule has 14 atom stereocenters. The van der Waals surface area contributed by atoms with Gasteiger partial charge in [-0.15, -0.1) is 0 Å². The van der Waals surface area contributed by atoms with Crippen LogP contribution in [0.1, 0.15) is 13.8 Å². The minimum atomic E-state index is -2.12. The van der Waals surface area contributed by atoms with Crippen LogP contribution in [-0.2, 0) is 28.5 Å². The standard InChI is InChI=1S/C20H35NO16/c1-5(24)10(27)15(7(26)3-22)35-20-14(31)16(13(30)17(37-20)18(32)33)36-19-9(21-6(2)25)12(29)11(28)8(4-23)34-19/h5,7-17,19-20,22-24,26-31H,3-4H2,1-2H3,(H,21,25)(H,32,33)/t5-,7+,8+,9+,10+,11-,12+,13-,14+,15-,16-,17-,19+,20+/m0/s1. The van der Waals surface area contributed by atoms with Crippen LogP contribution >= 0.6 is 0 Å². The van der Waals surface area contributed by atoms with Crippen molar-refractivity contribution in [2.24, 2.45) is 0 Å². The van der Waals surface area contributed by atoms with Gasteiger partial charge in [-0.3, -0.25) is 4.79 Å². The van der Waals surface area contributed by atoms with Crippen LogP contribution in [0.5, 0.6) is 0 Å². The van der Waals surface area contributed by atoms with Crippen LogP contribution in [0.2, 0.25) is 0 Å². The first kappa shape index (κ1) is 31.6. The van der Waals surface area contributed by atoms with E-state index in [-0.39, 0.29) is 0 Å². The number of aliphatic hydroxyl groups excluding tert-OH is 9. The highest BCUT2D eigenvalue weighted by molar-refractivity contribution is 5.73. The van der Waals surface area contributed by atoms with E-state index in [2.05, 4.69) is 5.32 Å². The molecular weight excluding hydrogens is 510 g/mol. The van der Waals surface area contributed by atoms with E-state index in [0.717, 1.165) is 13.8 Å². The SMILES string of the molecule is CC(=O)N[C@H]1[C@@H](O[C@@H]2[C@@H](O)[C@H](O[C@H]([C@H](O)[C@H](C)O)[C@H](O)CO)O[C@H](C(=O)O)[C@H]2O)O[C@H](CO)[C@H](O)[C@@H]1O. The van der Waals surface area contributed by atoms with Gasteiger partial charge in [0.1, 0.15) is 61.0 Å². The molecule has 0 bridgehead atoms. The van der Waals surface area contributed by atoms with Crippen molar-refractivity contribution in [3.05, 3.63) is 0 Å². The summed E-state index contributed by atoms with van der Waals surface area (Å²) in [4.78, 5) is 23.4. The lowest BCUT2D eigenvalue weighted by Crippen LogP contribution is -2.68. The van der Waals surface area contributed by atoms with Crippen LogP contribution in [0.3, 0.4) is 0 Å². The summed E-state index contributed by atoms with van der Waals surface area (Å²) < 4.78 is 21.3. The van der Waals surface area contributed by atoms with Gasteiger partial charge >= 0.3 is 5.97 Å². The molecule has 0 radical (unpaired) electrons. The number of hydrogen-bond donors (Lipinski definition) is 11. The zero-order valence-corrected chi connectivity index (χ0v) is 19.9. The Kier molecular flexibility index (Phi) is 11.5. The van der Waals surface area contributed by atoms with Gasteiger partial charge in [0, 0.05) is 6.92 Å². The molecule has 11 N–H and O–H groups in total. The summed E-state index contributed by atoms with van der Waals surface area (Å²) in [6, 6.07) is -1.51. The average Bonchev–Trinajstić information content (AvgIpc) is 2.83. The summed E-state index contributed by atoms with van der Waals surface area (Å²) in [5.74, 6) is -2.45. The van der Waals surface area contributed by atoms with E-state index >= 15 is 0 Å². The van der Waals surface area contributed by atoms with Crippen LogP contribution < -0.4 is 5.32 Å². The molecule has 2 aliphatic rings. The van der Waals surface area contributed by atoms with Gasteiger partial charge in [-0.2, -0.15) is 0 Å². The first-order valence-corrected chi connectivity index (χ1v) is 11.3. The fourth-order valence-corrected chi connectivity index (χ4v) is 3.99. The first-order valence-electron chi connectivity index (χ1n) is 11.3. The van der Waals surface area contributed by atoms with Crippen molar-refractivity contribution in [2.75, 3.05) is 13.2 Å². The molecule has 2 rings (SSSR count). The maximum absolute atomic E-state index is 11.7. The molecule has 0 aliphatic carbocycles. The topological polar surface area (TPSA) is 285 Å². The average molecular weight is 545 g/mol. The number of carboxylic acids is 1. The lowest BCUT2D eigenvalue weighted by atomic mass is 9.95. The number of carbonyl (C=O) groups excluding carboxylic acids is 1. The Bertz CT molecular complexity index is 756. The van der Waals surface area contributed by atoms with Crippen molar-refractivity contribution >= 4 is 11.9 Å². The molecule has 0 unspecified atom stereocenters. The van der Waals surface area contributed by atoms with Gasteiger partial charge in [-0.25, -0.2) is 4.79 Å². The summed E-state index contributed by atoms with van der Waals surface area (Å²) in [5, 5.41) is 102. The molecular formula is C20H35NO16. The van der Waals surface area contributed by atoms with Gasteiger partial charge in [-0.1, -0.05) is 0 Å². The molecule has 2 aliphatic heterocycles. The summed E-state index contributed by atoms with van der Waals surface area (Å²) in [6.45, 7) is 0.403. The third-order valence-electron chi connectivity index (χ3n) is 6.02. The van der Waals surface area contributed by atoms with E-state index in [0.29, 0.717) is 0 Å². The Hall–Kier alpha value is -1.58. The summed E-state index contributed by atoms with van der Waals surface area (Å²) in [7, 11) is 0. The van der Waals surface area contributed by atoms with Gasteiger partial charge in [-0.05, 0) is 6.92 Å². The van der Waals surface area contributed by atoms with E-state index in [1.807, 2.05) is 0 Å². The Morgan fingerprint density at radius 3 is 2.05 bits per heavy atom. The number of amides is 1. The zero-order valence-electron chi connectivity index (χ0n) is 19.9. The lowest BCUT2D eigenvalue weighted by molar-refractivity contribution is -0.354. The second-order valence-electron chi connectivity index (χ2n) is 8.86. The maximum Gasteiger partial charge on any atom is 0.335 e. The largest absolute Gasteiger partial charge is 0.479 e. The highest BCUT2D eigenvalue weighted by Crippen LogP contribution is 2.31. The predicted octanol–water partition coefficient (Wildman–Crippen LogP) is -6.67. The fourth-order valence-electron chi connectivity index (χ4n) is 3.99. The monoisotopic (exact) mass is 545 g/mol. The lowest BCUT2D eigenvalue weighted by Gasteiger charge is -2.47. The molecule has 0 aromatic heterocycles. The third kappa shape index (κ3) is 7.30. The molecule has 216 valence electrons. The number of hydrogen-bond acceptors (Lipinski definition) is 15. The van der Waals surface area contributed by atoms with Crippen molar-refractivity contribution in [1.29, 1.82) is 0 Å². The summed E-state index contributed by atoms with van der Waals surface area (Å²) in [6.07, 6.45) is -24.0. The van der Waals surface area contributed by atoms with Crippen molar-refractivity contribution in [3.63, 3.8) is 0 Å². The van der Waals surface area contributed by atoms with Crippen LogP contribution in [-0.4, -0.2) is 162 Å². The van der Waals surface area contributed by atoms with E-state index < -0.39 is 111 Å². The highest BCUT2D eigenvalue weighted by Gasteiger charge is 2.54. The number of aliphatic hydroxyl groups is 9. The Balaban J connectivity index is 2.38. The van der Waals surface area contributed by atoms with E-state index in [1.54, 1.807) is 0 Å². The van der Waals surface area contributed by atoms with E-state index in [1.165, 1.54) is 0 Å². The van der Waals surface area contributed by atoms with Gasteiger partial charge in [0.05, 0.1) is 19.3 Å². The Morgan fingerprint density at radius 1 is 0.946 bits per heavy atom. The Labute approximate surface area is 210 Å². The van der Waals surface area contributed by atoms with Crippen molar-refractivity contribution < 1.29 is 79.6 Å². The van der Waals surface area contributed by atoms with Gasteiger partial charge in [0.25, 0.3) is 0 Å². The molecule has 0 spiro atoms. The molecule has 17 nitrogen and oxygen atoms in total. The maximum atomic E-state index is 11.7. The number of nitrogens with one attached hydrogen (secondary N) is 1. The summed E-state index contributed by atoms with van der Waals surface area (Å²) in [5.41, 5.74) is 0. The van der Waals surface area contributed by atoms with Crippen molar-refractivity contribution in [1.82, 2.24) is 5.32 Å². The molecule has 1 amide bonds. The second-order valence-corrected chi connectivity index (χ2v) is 8.86. The Morgan fingerprint density at radius 2 is 1.57 bits per heavy atom. The predicted molar refractivity (Wildman–Crippen MR) is 114 cm³/mol. The molecule has 0 aromatic carbocycles. The minimum absolute atomic E-state index is 0.707. The first-order chi connectivity index (χ1) is 17.2. The smallest absolute Gasteiger partial charge is 0.335 e. The van der Waals surface area contributed by atoms with E-state index in [4.69, 9.17) is 18.9 Å². The second kappa shape index (κ2) is 13.5. The molecule has 2 saturated heterocycles. The van der Waals surface area contributed by atoms with Crippen molar-refractivity contribution in [2.45, 2.75) is 99.6 Å². The molecule has 0 saturated carbocycles.